The topological polar surface area (TPSA) is 79.0 Å². The lowest BCUT2D eigenvalue weighted by molar-refractivity contribution is -0.122. The summed E-state index contributed by atoms with van der Waals surface area (Å²) in [6.45, 7) is 11.2. The van der Waals surface area contributed by atoms with Gasteiger partial charge in [0.05, 0.1) is 16.3 Å². The van der Waals surface area contributed by atoms with Crippen molar-refractivity contribution in [2.45, 2.75) is 45.4 Å². The number of amides is 1. The summed E-state index contributed by atoms with van der Waals surface area (Å²) in [5.41, 5.74) is 1.39. The lowest BCUT2D eigenvalue weighted by Crippen LogP contribution is -2.32. The van der Waals surface area contributed by atoms with Crippen LogP contribution in [0, 0.1) is 5.92 Å². The smallest absolute Gasteiger partial charge is 0.243 e. The molecule has 7 nitrogen and oxygen atoms in total. The molecule has 0 radical (unpaired) electrons. The summed E-state index contributed by atoms with van der Waals surface area (Å²) in [5, 5.41) is 3.00. The molecule has 0 aromatic heterocycles. The quantitative estimate of drug-likeness (QED) is 0.676. The maximum absolute atomic E-state index is 12.9. The van der Waals surface area contributed by atoms with Crippen LogP contribution >= 0.6 is 0 Å². The fourth-order valence-electron chi connectivity index (χ4n) is 3.52. The fraction of sp³-hybridized carbons (Fsp3) is 0.650. The second-order valence-electron chi connectivity index (χ2n) is 6.82. The average molecular weight is 412 g/mol. The Bertz CT molecular complexity index is 753. The molecule has 1 fully saturated rings. The molecule has 1 aliphatic heterocycles. The maximum atomic E-state index is 12.9. The summed E-state index contributed by atoms with van der Waals surface area (Å²) in [6.07, 6.45) is 1.37. The first-order valence-corrected chi connectivity index (χ1v) is 11.6. The van der Waals surface area contributed by atoms with Crippen molar-refractivity contribution >= 4 is 27.3 Å². The van der Waals surface area contributed by atoms with E-state index in [0.717, 1.165) is 18.8 Å². The third kappa shape index (κ3) is 5.04. The normalized spacial score (nSPS) is 15.6. The maximum Gasteiger partial charge on any atom is 0.243 e. The van der Waals surface area contributed by atoms with Gasteiger partial charge >= 0.3 is 0 Å². The van der Waals surface area contributed by atoms with E-state index in [1.54, 1.807) is 18.2 Å². The van der Waals surface area contributed by atoms with Crippen LogP contribution in [-0.4, -0.2) is 58.0 Å². The van der Waals surface area contributed by atoms with Crippen molar-refractivity contribution < 1.29 is 17.9 Å². The van der Waals surface area contributed by atoms with Crippen molar-refractivity contribution in [2.75, 3.05) is 49.6 Å². The highest BCUT2D eigenvalue weighted by Gasteiger charge is 2.26. The molecule has 0 spiro atoms. The molecule has 1 aromatic rings. The fourth-order valence-corrected chi connectivity index (χ4v) is 5.01. The van der Waals surface area contributed by atoms with Crippen LogP contribution in [0.5, 0.6) is 0 Å². The zero-order chi connectivity index (χ0) is 20.7. The van der Waals surface area contributed by atoms with Gasteiger partial charge in [-0.1, -0.05) is 13.8 Å². The number of nitrogens with zero attached hydrogens (tertiary/aromatic N) is 2. The van der Waals surface area contributed by atoms with Gasteiger partial charge < -0.3 is 15.0 Å². The predicted octanol–water partition coefficient (Wildman–Crippen LogP) is 2.93. The summed E-state index contributed by atoms with van der Waals surface area (Å²) < 4.78 is 32.6. The van der Waals surface area contributed by atoms with E-state index in [4.69, 9.17) is 4.74 Å². The molecule has 1 amide bonds. The molecule has 1 N–H and O–H groups in total. The number of carbonyl (C=O) groups excluding carboxylic acids is 1. The molecule has 1 saturated heterocycles. The van der Waals surface area contributed by atoms with Crippen LogP contribution in [0.15, 0.2) is 23.1 Å². The summed E-state index contributed by atoms with van der Waals surface area (Å²) in [6, 6.07) is 5.02. The van der Waals surface area contributed by atoms with Crippen molar-refractivity contribution in [3.05, 3.63) is 18.2 Å². The summed E-state index contributed by atoms with van der Waals surface area (Å²) >= 11 is 0. The monoisotopic (exact) mass is 411 g/mol. The van der Waals surface area contributed by atoms with E-state index in [0.29, 0.717) is 44.8 Å². The van der Waals surface area contributed by atoms with E-state index < -0.39 is 10.0 Å². The molecule has 8 heteroatoms. The van der Waals surface area contributed by atoms with Crippen molar-refractivity contribution in [3.63, 3.8) is 0 Å². The Morgan fingerprint density at radius 3 is 2.21 bits per heavy atom. The number of anilines is 2. The highest BCUT2D eigenvalue weighted by atomic mass is 32.2. The van der Waals surface area contributed by atoms with Crippen LogP contribution in [0.1, 0.15) is 40.5 Å². The van der Waals surface area contributed by atoms with Gasteiger partial charge in [-0.25, -0.2) is 8.42 Å². The third-order valence-corrected chi connectivity index (χ3v) is 7.31. The number of rotatable bonds is 9. The van der Waals surface area contributed by atoms with Crippen molar-refractivity contribution in [3.8, 4) is 0 Å². The van der Waals surface area contributed by atoms with Crippen LogP contribution in [0.3, 0.4) is 0 Å². The molecule has 28 heavy (non-hydrogen) atoms. The first-order chi connectivity index (χ1) is 13.4. The summed E-state index contributed by atoms with van der Waals surface area (Å²) in [5.74, 6) is -0.185. The van der Waals surface area contributed by atoms with Gasteiger partial charge in [0.2, 0.25) is 15.9 Å². The number of hydrogen-bond donors (Lipinski definition) is 1. The first kappa shape index (κ1) is 22.6. The number of sulfonamides is 1. The Labute approximate surface area is 169 Å². The third-order valence-electron chi connectivity index (χ3n) is 5.27. The molecule has 158 valence electrons. The van der Waals surface area contributed by atoms with Gasteiger partial charge in [-0.2, -0.15) is 4.31 Å². The highest BCUT2D eigenvalue weighted by molar-refractivity contribution is 7.89. The van der Waals surface area contributed by atoms with Crippen molar-refractivity contribution in [1.29, 1.82) is 0 Å². The van der Waals surface area contributed by atoms with Crippen LogP contribution < -0.4 is 10.2 Å². The lowest BCUT2D eigenvalue weighted by Gasteiger charge is -2.27. The standard InChI is InChI=1S/C20H33N3O4S/c1-5-22(6-2)19-10-9-17(28(25,26)23(7-3)8-4)15-18(19)21-20(24)16-11-13-27-14-12-16/h9-10,15-16H,5-8,11-14H2,1-4H3,(H,21,24). The second kappa shape index (κ2) is 10.2. The average Bonchev–Trinajstić information content (AvgIpc) is 2.71. The Balaban J connectivity index is 2.41. The minimum Gasteiger partial charge on any atom is -0.381 e. The van der Waals surface area contributed by atoms with Crippen molar-refractivity contribution in [1.82, 2.24) is 4.31 Å². The number of carbonyl (C=O) groups is 1. The van der Waals surface area contributed by atoms with E-state index >= 15 is 0 Å². The second-order valence-corrected chi connectivity index (χ2v) is 8.75. The molecular formula is C20H33N3O4S. The predicted molar refractivity (Wildman–Crippen MR) is 112 cm³/mol. The van der Waals surface area contributed by atoms with Crippen LogP contribution in [0.4, 0.5) is 11.4 Å². The molecule has 0 bridgehead atoms. The minimum absolute atomic E-state index is 0.0749. The molecule has 2 rings (SSSR count). The van der Waals surface area contributed by atoms with E-state index in [9.17, 15) is 13.2 Å². The molecule has 0 unspecified atom stereocenters. The summed E-state index contributed by atoms with van der Waals surface area (Å²) in [7, 11) is -3.60. The van der Waals surface area contributed by atoms with Crippen LogP contribution in [-0.2, 0) is 19.6 Å². The lowest BCUT2D eigenvalue weighted by atomic mass is 9.99. The number of nitrogens with one attached hydrogen (secondary N) is 1. The molecule has 0 atom stereocenters. The Hall–Kier alpha value is -1.64. The van der Waals surface area contributed by atoms with Crippen molar-refractivity contribution in [2.24, 2.45) is 5.92 Å². The van der Waals surface area contributed by atoms with Gasteiger partial charge in [-0.05, 0) is 44.9 Å². The number of ether oxygens (including phenoxy) is 1. The molecule has 1 aromatic carbocycles. The molecule has 0 aliphatic carbocycles. The van der Waals surface area contributed by atoms with Crippen LogP contribution in [0.25, 0.3) is 0 Å². The van der Waals surface area contributed by atoms with Gasteiger partial charge in [-0.15, -0.1) is 0 Å². The largest absolute Gasteiger partial charge is 0.381 e. The molecule has 1 heterocycles. The number of benzene rings is 1. The van der Waals surface area contributed by atoms with Gasteiger partial charge in [0.1, 0.15) is 0 Å². The number of hydrogen-bond acceptors (Lipinski definition) is 5. The SMILES string of the molecule is CCN(CC)c1ccc(S(=O)(=O)N(CC)CC)cc1NC(=O)C1CCOCC1. The van der Waals surface area contributed by atoms with E-state index in [2.05, 4.69) is 10.2 Å². The van der Waals surface area contributed by atoms with Crippen LogP contribution in [0.2, 0.25) is 0 Å². The van der Waals surface area contributed by atoms with Gasteiger partial charge in [0.15, 0.2) is 0 Å². The van der Waals surface area contributed by atoms with E-state index in [-0.39, 0.29) is 16.7 Å². The first-order valence-electron chi connectivity index (χ1n) is 10.2. The Morgan fingerprint density at radius 1 is 1.07 bits per heavy atom. The zero-order valence-electron chi connectivity index (χ0n) is 17.4. The Morgan fingerprint density at radius 2 is 1.68 bits per heavy atom. The summed E-state index contributed by atoms with van der Waals surface area (Å²) in [4.78, 5) is 15.1. The Kier molecular flexibility index (Phi) is 8.27. The minimum atomic E-state index is -3.60. The zero-order valence-corrected chi connectivity index (χ0v) is 18.2. The molecule has 0 saturated carbocycles. The highest BCUT2D eigenvalue weighted by Crippen LogP contribution is 2.31. The van der Waals surface area contributed by atoms with Gasteiger partial charge in [0, 0.05) is 45.3 Å². The van der Waals surface area contributed by atoms with Gasteiger partial charge in [-0.3, -0.25) is 4.79 Å². The van der Waals surface area contributed by atoms with E-state index in [1.165, 1.54) is 4.31 Å². The van der Waals surface area contributed by atoms with Gasteiger partial charge in [0.25, 0.3) is 0 Å². The molecular weight excluding hydrogens is 378 g/mol. The van der Waals surface area contributed by atoms with E-state index in [1.807, 2.05) is 27.7 Å². The molecule has 1 aliphatic rings.